The number of H-pyrrole nitrogens is 1. The predicted molar refractivity (Wildman–Crippen MR) is 90.2 cm³/mol. The van der Waals surface area contributed by atoms with Gasteiger partial charge in [-0.05, 0) is 24.6 Å². The van der Waals surface area contributed by atoms with E-state index in [1.54, 1.807) is 0 Å². The Hall–Kier alpha value is -2.22. The molecule has 7 nitrogen and oxygen atoms in total. The van der Waals surface area contributed by atoms with Crippen LogP contribution in [0.5, 0.6) is 11.5 Å². The number of amides is 1. The molecule has 1 atom stereocenters. The van der Waals surface area contributed by atoms with Crippen LogP contribution < -0.4 is 14.8 Å². The number of ether oxygens (including phenoxy) is 2. The number of nitrogens with one attached hydrogen (secondary N) is 2. The van der Waals surface area contributed by atoms with Crippen LogP contribution in [0.15, 0.2) is 23.4 Å². The van der Waals surface area contributed by atoms with E-state index < -0.39 is 0 Å². The third-order valence-electron chi connectivity index (χ3n) is 3.58. The van der Waals surface area contributed by atoms with E-state index >= 15 is 0 Å². The molecule has 24 heavy (non-hydrogen) atoms. The Bertz CT molecular complexity index is 732. The zero-order valence-corrected chi connectivity index (χ0v) is 14.6. The quantitative estimate of drug-likeness (QED) is 0.780. The minimum absolute atomic E-state index is 0.0615. The van der Waals surface area contributed by atoms with Crippen molar-refractivity contribution < 1.29 is 14.3 Å². The van der Waals surface area contributed by atoms with Gasteiger partial charge >= 0.3 is 0 Å². The van der Waals surface area contributed by atoms with Gasteiger partial charge in [-0.25, -0.2) is 4.98 Å². The number of benzene rings is 1. The maximum absolute atomic E-state index is 12.2. The van der Waals surface area contributed by atoms with Gasteiger partial charge in [-0.3, -0.25) is 9.89 Å². The van der Waals surface area contributed by atoms with E-state index in [1.807, 2.05) is 39.0 Å². The SMILES string of the molecule is CC(Sc1n[nH]c(C(C)C)n1)C(=O)NCc1ccc2c(c1)OCO2. The summed E-state index contributed by atoms with van der Waals surface area (Å²) in [5.74, 6) is 2.49. The van der Waals surface area contributed by atoms with Crippen LogP contribution in [0.1, 0.15) is 38.1 Å². The predicted octanol–water partition coefficient (Wildman–Crippen LogP) is 2.45. The number of fused-ring (bicyclic) bond motifs is 1. The fourth-order valence-corrected chi connectivity index (χ4v) is 2.92. The van der Waals surface area contributed by atoms with Gasteiger partial charge in [0, 0.05) is 12.5 Å². The molecule has 8 heteroatoms. The average molecular weight is 348 g/mol. The van der Waals surface area contributed by atoms with Crippen molar-refractivity contribution in [1.29, 1.82) is 0 Å². The summed E-state index contributed by atoms with van der Waals surface area (Å²) in [7, 11) is 0. The number of thioether (sulfide) groups is 1. The molecule has 0 fully saturated rings. The maximum atomic E-state index is 12.2. The van der Waals surface area contributed by atoms with Crippen molar-refractivity contribution in [3.05, 3.63) is 29.6 Å². The van der Waals surface area contributed by atoms with Gasteiger partial charge in [0.05, 0.1) is 5.25 Å². The Morgan fingerprint density at radius 3 is 2.88 bits per heavy atom. The highest BCUT2D eigenvalue weighted by Crippen LogP contribution is 2.32. The molecule has 2 N–H and O–H groups in total. The van der Waals surface area contributed by atoms with Crippen LogP contribution in [0.25, 0.3) is 0 Å². The first-order valence-corrected chi connectivity index (χ1v) is 8.66. The van der Waals surface area contributed by atoms with Crippen LogP contribution in [0.3, 0.4) is 0 Å². The molecule has 2 aromatic rings. The summed E-state index contributed by atoms with van der Waals surface area (Å²) in [6, 6.07) is 5.64. The Morgan fingerprint density at radius 1 is 1.33 bits per heavy atom. The van der Waals surface area contributed by atoms with Crippen molar-refractivity contribution in [2.24, 2.45) is 0 Å². The molecular weight excluding hydrogens is 328 g/mol. The van der Waals surface area contributed by atoms with Gasteiger partial charge < -0.3 is 14.8 Å². The highest BCUT2D eigenvalue weighted by Gasteiger charge is 2.18. The number of aromatic amines is 1. The molecule has 3 rings (SSSR count). The minimum atomic E-state index is -0.283. The second kappa shape index (κ2) is 7.12. The summed E-state index contributed by atoms with van der Waals surface area (Å²) in [5, 5.41) is 10.2. The number of aromatic nitrogens is 3. The standard InChI is InChI=1S/C16H20N4O3S/c1-9(2)14-18-16(20-19-14)24-10(3)15(21)17-7-11-4-5-12-13(6-11)23-8-22-12/h4-6,9-10H,7-8H2,1-3H3,(H,17,21)(H,18,19,20). The summed E-state index contributed by atoms with van der Waals surface area (Å²) in [4.78, 5) is 16.6. The molecular formula is C16H20N4O3S. The smallest absolute Gasteiger partial charge is 0.233 e. The molecule has 1 amide bonds. The summed E-state index contributed by atoms with van der Waals surface area (Å²) < 4.78 is 10.6. The fourth-order valence-electron chi connectivity index (χ4n) is 2.16. The number of hydrogen-bond acceptors (Lipinski definition) is 6. The van der Waals surface area contributed by atoms with Crippen molar-refractivity contribution in [3.63, 3.8) is 0 Å². The Balaban J connectivity index is 1.52. The van der Waals surface area contributed by atoms with E-state index in [2.05, 4.69) is 20.5 Å². The molecule has 2 heterocycles. The van der Waals surface area contributed by atoms with Crippen molar-refractivity contribution >= 4 is 17.7 Å². The lowest BCUT2D eigenvalue weighted by Crippen LogP contribution is -2.30. The lowest BCUT2D eigenvalue weighted by Gasteiger charge is -2.10. The summed E-state index contributed by atoms with van der Waals surface area (Å²) in [6.45, 7) is 6.59. The van der Waals surface area contributed by atoms with E-state index in [0.717, 1.165) is 17.1 Å². The minimum Gasteiger partial charge on any atom is -0.454 e. The Morgan fingerprint density at radius 2 is 2.12 bits per heavy atom. The Labute approximate surface area is 144 Å². The van der Waals surface area contributed by atoms with E-state index in [9.17, 15) is 4.79 Å². The normalized spacial score (nSPS) is 14.0. The summed E-state index contributed by atoms with van der Waals surface area (Å²) in [5.41, 5.74) is 0.963. The second-order valence-electron chi connectivity index (χ2n) is 5.82. The molecule has 0 saturated heterocycles. The first kappa shape index (κ1) is 16.6. The molecule has 1 aliphatic rings. The molecule has 0 bridgehead atoms. The molecule has 0 saturated carbocycles. The maximum Gasteiger partial charge on any atom is 0.233 e. The Kier molecular flexibility index (Phi) is 4.94. The molecule has 1 aliphatic heterocycles. The third kappa shape index (κ3) is 3.81. The van der Waals surface area contributed by atoms with Gasteiger partial charge in [0.2, 0.25) is 17.9 Å². The van der Waals surface area contributed by atoms with Gasteiger partial charge in [0.25, 0.3) is 0 Å². The highest BCUT2D eigenvalue weighted by atomic mass is 32.2. The van der Waals surface area contributed by atoms with E-state index in [-0.39, 0.29) is 23.9 Å². The van der Waals surface area contributed by atoms with Crippen molar-refractivity contribution in [2.75, 3.05) is 6.79 Å². The number of carbonyl (C=O) groups is 1. The first-order chi connectivity index (χ1) is 11.5. The molecule has 1 aromatic carbocycles. The van der Waals surface area contributed by atoms with Crippen LogP contribution in [0.4, 0.5) is 0 Å². The van der Waals surface area contributed by atoms with Gasteiger partial charge in [0.15, 0.2) is 11.5 Å². The van der Waals surface area contributed by atoms with Crippen LogP contribution in [-0.2, 0) is 11.3 Å². The largest absolute Gasteiger partial charge is 0.454 e. The molecule has 1 aromatic heterocycles. The van der Waals surface area contributed by atoms with Crippen molar-refractivity contribution in [3.8, 4) is 11.5 Å². The number of nitrogens with zero attached hydrogens (tertiary/aromatic N) is 2. The summed E-state index contributed by atoms with van der Waals surface area (Å²) in [6.07, 6.45) is 0. The molecule has 1 unspecified atom stereocenters. The zero-order valence-electron chi connectivity index (χ0n) is 13.8. The molecule has 0 radical (unpaired) electrons. The van der Waals surface area contributed by atoms with Gasteiger partial charge in [-0.15, -0.1) is 5.10 Å². The lowest BCUT2D eigenvalue weighted by atomic mass is 10.2. The molecule has 0 spiro atoms. The van der Waals surface area contributed by atoms with Gasteiger partial charge in [-0.1, -0.05) is 31.7 Å². The first-order valence-electron chi connectivity index (χ1n) is 7.78. The average Bonchev–Trinajstić information content (AvgIpc) is 3.20. The van der Waals surface area contributed by atoms with Crippen molar-refractivity contribution in [1.82, 2.24) is 20.5 Å². The fraction of sp³-hybridized carbons (Fsp3) is 0.438. The van der Waals surface area contributed by atoms with Crippen LogP contribution >= 0.6 is 11.8 Å². The van der Waals surface area contributed by atoms with Crippen LogP contribution in [-0.4, -0.2) is 33.1 Å². The summed E-state index contributed by atoms with van der Waals surface area (Å²) >= 11 is 1.33. The van der Waals surface area contributed by atoms with Crippen LogP contribution in [0, 0.1) is 0 Å². The number of hydrogen-bond donors (Lipinski definition) is 2. The third-order valence-corrected chi connectivity index (χ3v) is 4.55. The topological polar surface area (TPSA) is 89.1 Å². The molecule has 128 valence electrons. The highest BCUT2D eigenvalue weighted by molar-refractivity contribution is 8.00. The van der Waals surface area contributed by atoms with Crippen molar-refractivity contribution in [2.45, 2.75) is 43.6 Å². The van der Waals surface area contributed by atoms with E-state index in [4.69, 9.17) is 9.47 Å². The van der Waals surface area contributed by atoms with Gasteiger partial charge in [-0.2, -0.15) is 0 Å². The number of carbonyl (C=O) groups excluding carboxylic acids is 1. The number of rotatable bonds is 6. The van der Waals surface area contributed by atoms with Crippen LogP contribution in [0.2, 0.25) is 0 Å². The lowest BCUT2D eigenvalue weighted by molar-refractivity contribution is -0.120. The zero-order chi connectivity index (χ0) is 17.1. The van der Waals surface area contributed by atoms with E-state index in [0.29, 0.717) is 17.5 Å². The molecule has 0 aliphatic carbocycles. The van der Waals surface area contributed by atoms with Gasteiger partial charge in [0.1, 0.15) is 5.82 Å². The monoisotopic (exact) mass is 348 g/mol. The second-order valence-corrected chi connectivity index (χ2v) is 7.13. The van der Waals surface area contributed by atoms with E-state index in [1.165, 1.54) is 11.8 Å².